The minimum Gasteiger partial charge on any atom is -0.375 e. The highest BCUT2D eigenvalue weighted by Crippen LogP contribution is 2.26. The van der Waals surface area contributed by atoms with E-state index in [9.17, 15) is 4.79 Å². The molecule has 0 N–H and O–H groups in total. The van der Waals surface area contributed by atoms with Gasteiger partial charge in [0.15, 0.2) is 0 Å². The number of nitrogens with zero attached hydrogens (tertiary/aromatic N) is 3. The Bertz CT molecular complexity index is 644. The number of rotatable bonds is 3. The monoisotopic (exact) mass is 349 g/mol. The summed E-state index contributed by atoms with van der Waals surface area (Å²) < 4.78 is 6.02. The Kier molecular flexibility index (Phi) is 4.43. The van der Waals surface area contributed by atoms with Crippen LogP contribution in [0.1, 0.15) is 16.1 Å². The summed E-state index contributed by atoms with van der Waals surface area (Å²) in [7, 11) is 0. The molecule has 122 valence electrons. The minimum atomic E-state index is 0.0341. The third-order valence-corrected chi connectivity index (χ3v) is 5.85. The molecular weight excluding hydrogens is 330 g/mol. The number of carbonyl (C=O) groups excluding carboxylic acids is 1. The average Bonchev–Trinajstić information content (AvgIpc) is 3.28. The van der Waals surface area contributed by atoms with Crippen molar-refractivity contribution >= 4 is 28.6 Å². The summed E-state index contributed by atoms with van der Waals surface area (Å²) in [5, 5.41) is 6.14. The average molecular weight is 349 g/mol. The second-order valence-corrected chi connectivity index (χ2v) is 7.62. The zero-order valence-electron chi connectivity index (χ0n) is 12.8. The lowest BCUT2D eigenvalue weighted by molar-refractivity contribution is 0.0501. The van der Waals surface area contributed by atoms with Gasteiger partial charge < -0.3 is 9.64 Å². The van der Waals surface area contributed by atoms with Crippen molar-refractivity contribution in [2.75, 3.05) is 32.8 Å². The zero-order valence-corrected chi connectivity index (χ0v) is 14.4. The molecular formula is C16H19N3O2S2. The van der Waals surface area contributed by atoms with Gasteiger partial charge in [-0.15, -0.1) is 11.3 Å². The van der Waals surface area contributed by atoms with Crippen molar-refractivity contribution in [3.8, 4) is 0 Å². The fourth-order valence-electron chi connectivity index (χ4n) is 3.41. The van der Waals surface area contributed by atoms with Crippen molar-refractivity contribution in [2.24, 2.45) is 5.92 Å². The van der Waals surface area contributed by atoms with Crippen LogP contribution in [-0.4, -0.2) is 59.6 Å². The Labute approximate surface area is 143 Å². The summed E-state index contributed by atoms with van der Waals surface area (Å²) in [6.45, 7) is 4.96. The van der Waals surface area contributed by atoms with Gasteiger partial charge in [0.2, 0.25) is 0 Å². The summed E-state index contributed by atoms with van der Waals surface area (Å²) in [6, 6.07) is 2.18. The fraction of sp³-hybridized carbons (Fsp3) is 0.500. The first-order valence-corrected chi connectivity index (χ1v) is 9.70. The molecule has 2 aromatic heterocycles. The van der Waals surface area contributed by atoms with Gasteiger partial charge in [-0.2, -0.15) is 11.3 Å². The van der Waals surface area contributed by atoms with E-state index in [1.807, 2.05) is 10.3 Å². The standard InChI is InChI=1S/C16H19N3O2S2/c20-16(14-10-23-11-17-14)19-2-3-21-15-8-18(6-13(15)7-19)5-12-1-4-22-9-12/h1,4,9-11,13,15H,2-3,5-8H2/t13-,15-/m0/s1. The number of thiazole rings is 1. The van der Waals surface area contributed by atoms with Gasteiger partial charge in [-0.25, -0.2) is 4.98 Å². The Morgan fingerprint density at radius 3 is 3.04 bits per heavy atom. The lowest BCUT2D eigenvalue weighted by Gasteiger charge is -2.23. The number of hydrogen-bond donors (Lipinski definition) is 0. The second-order valence-electron chi connectivity index (χ2n) is 6.12. The number of carbonyl (C=O) groups is 1. The smallest absolute Gasteiger partial charge is 0.273 e. The molecule has 0 bridgehead atoms. The molecule has 2 atom stereocenters. The van der Waals surface area contributed by atoms with Crippen LogP contribution in [0, 0.1) is 5.92 Å². The molecule has 2 fully saturated rings. The van der Waals surface area contributed by atoms with Crippen LogP contribution in [0.2, 0.25) is 0 Å². The van der Waals surface area contributed by atoms with Gasteiger partial charge in [-0.05, 0) is 22.4 Å². The van der Waals surface area contributed by atoms with Crippen molar-refractivity contribution in [1.29, 1.82) is 0 Å². The Hall–Kier alpha value is -1.28. The molecule has 5 nitrogen and oxygen atoms in total. The van der Waals surface area contributed by atoms with Crippen molar-refractivity contribution in [3.05, 3.63) is 39.0 Å². The van der Waals surface area contributed by atoms with Gasteiger partial charge in [0, 0.05) is 44.0 Å². The van der Waals surface area contributed by atoms with Crippen molar-refractivity contribution in [2.45, 2.75) is 12.6 Å². The maximum atomic E-state index is 12.5. The van der Waals surface area contributed by atoms with Crippen LogP contribution in [0.15, 0.2) is 27.7 Å². The summed E-state index contributed by atoms with van der Waals surface area (Å²) >= 11 is 3.20. The van der Waals surface area contributed by atoms with Crippen LogP contribution < -0.4 is 0 Å². The lowest BCUT2D eigenvalue weighted by atomic mass is 10.1. The Morgan fingerprint density at radius 1 is 1.30 bits per heavy atom. The molecule has 0 spiro atoms. The molecule has 2 aliphatic rings. The van der Waals surface area contributed by atoms with Gasteiger partial charge in [0.05, 0.1) is 18.2 Å². The maximum Gasteiger partial charge on any atom is 0.273 e. The van der Waals surface area contributed by atoms with Crippen LogP contribution in [0.3, 0.4) is 0 Å². The van der Waals surface area contributed by atoms with Crippen molar-refractivity contribution in [1.82, 2.24) is 14.8 Å². The van der Waals surface area contributed by atoms with Crippen molar-refractivity contribution < 1.29 is 9.53 Å². The predicted octanol–water partition coefficient (Wildman–Crippen LogP) is 2.18. The van der Waals surface area contributed by atoms with E-state index < -0.39 is 0 Å². The highest BCUT2D eigenvalue weighted by molar-refractivity contribution is 7.08. The molecule has 0 aliphatic carbocycles. The number of aromatic nitrogens is 1. The fourth-order valence-corrected chi connectivity index (χ4v) is 4.60. The number of thiophene rings is 1. The maximum absolute atomic E-state index is 12.5. The minimum absolute atomic E-state index is 0.0341. The molecule has 4 rings (SSSR count). The molecule has 0 saturated carbocycles. The van der Waals surface area contributed by atoms with E-state index in [1.54, 1.807) is 16.8 Å². The van der Waals surface area contributed by atoms with E-state index in [1.165, 1.54) is 16.9 Å². The molecule has 2 aliphatic heterocycles. The molecule has 0 radical (unpaired) electrons. The normalized spacial score (nSPS) is 25.3. The van der Waals surface area contributed by atoms with Gasteiger partial charge in [0.1, 0.15) is 5.69 Å². The van der Waals surface area contributed by atoms with Crippen LogP contribution in [-0.2, 0) is 11.3 Å². The number of likely N-dealkylation sites (tertiary alicyclic amines) is 1. The van der Waals surface area contributed by atoms with Crippen LogP contribution in [0.5, 0.6) is 0 Å². The molecule has 1 amide bonds. The molecule has 4 heterocycles. The molecule has 0 aromatic carbocycles. The van der Waals surface area contributed by atoms with E-state index in [-0.39, 0.29) is 12.0 Å². The van der Waals surface area contributed by atoms with E-state index in [0.29, 0.717) is 24.8 Å². The molecule has 7 heteroatoms. The highest BCUT2D eigenvalue weighted by atomic mass is 32.1. The third-order valence-electron chi connectivity index (χ3n) is 4.53. The number of hydrogen-bond acceptors (Lipinski definition) is 6. The van der Waals surface area contributed by atoms with Gasteiger partial charge >= 0.3 is 0 Å². The first-order valence-electron chi connectivity index (χ1n) is 7.82. The zero-order chi connectivity index (χ0) is 15.6. The molecule has 2 aromatic rings. The molecule has 23 heavy (non-hydrogen) atoms. The van der Waals surface area contributed by atoms with Gasteiger partial charge in [-0.3, -0.25) is 9.69 Å². The van der Waals surface area contributed by atoms with Crippen LogP contribution in [0.25, 0.3) is 0 Å². The second kappa shape index (κ2) is 6.68. The lowest BCUT2D eigenvalue weighted by Crippen LogP contribution is -2.37. The summed E-state index contributed by atoms with van der Waals surface area (Å²) in [5.74, 6) is 0.422. The molecule has 2 saturated heterocycles. The number of amides is 1. The van der Waals surface area contributed by atoms with E-state index in [4.69, 9.17) is 4.74 Å². The summed E-state index contributed by atoms with van der Waals surface area (Å²) in [4.78, 5) is 21.0. The largest absolute Gasteiger partial charge is 0.375 e. The predicted molar refractivity (Wildman–Crippen MR) is 90.8 cm³/mol. The van der Waals surface area contributed by atoms with E-state index in [0.717, 1.165) is 26.2 Å². The Morgan fingerprint density at radius 2 is 2.26 bits per heavy atom. The van der Waals surface area contributed by atoms with Crippen molar-refractivity contribution in [3.63, 3.8) is 0 Å². The molecule has 0 unspecified atom stereocenters. The first-order chi connectivity index (χ1) is 11.3. The van der Waals surface area contributed by atoms with Crippen LogP contribution >= 0.6 is 22.7 Å². The third kappa shape index (κ3) is 3.33. The number of ether oxygens (including phenoxy) is 1. The van der Waals surface area contributed by atoms with Gasteiger partial charge in [-0.1, -0.05) is 0 Å². The highest BCUT2D eigenvalue weighted by Gasteiger charge is 2.37. The topological polar surface area (TPSA) is 45.7 Å². The first kappa shape index (κ1) is 15.3. The van der Waals surface area contributed by atoms with Gasteiger partial charge in [0.25, 0.3) is 5.91 Å². The Balaban J connectivity index is 1.41. The number of fused-ring (bicyclic) bond motifs is 1. The van der Waals surface area contributed by atoms with Crippen LogP contribution in [0.4, 0.5) is 0 Å². The summed E-state index contributed by atoms with van der Waals surface area (Å²) in [6.07, 6.45) is 0.238. The van der Waals surface area contributed by atoms with E-state index >= 15 is 0 Å². The van der Waals surface area contributed by atoms with E-state index in [2.05, 4.69) is 26.7 Å². The SMILES string of the molecule is O=C(c1cscn1)N1CCO[C@H]2CN(Cc3ccsc3)C[C@H]2C1. The summed E-state index contributed by atoms with van der Waals surface area (Å²) in [5.41, 5.74) is 3.63. The quantitative estimate of drug-likeness (QED) is 0.852.